The van der Waals surface area contributed by atoms with Gasteiger partial charge in [-0.15, -0.1) is 0 Å². The zero-order valence-electron chi connectivity index (χ0n) is 5.38. The van der Waals surface area contributed by atoms with Gasteiger partial charge in [0, 0.05) is 0 Å². The van der Waals surface area contributed by atoms with E-state index in [9.17, 15) is 9.59 Å². The van der Waals surface area contributed by atoms with Crippen molar-refractivity contribution in [2.24, 2.45) is 0 Å². The van der Waals surface area contributed by atoms with E-state index in [2.05, 4.69) is 31.9 Å². The molecule has 0 aliphatic rings. The number of aliphatic carboxylic acids is 2. The summed E-state index contributed by atoms with van der Waals surface area (Å²) in [6.45, 7) is 0. The van der Waals surface area contributed by atoms with E-state index in [1.54, 1.807) is 0 Å². The number of hydrogen-bond donors (Lipinski definition) is 2. The van der Waals surface area contributed by atoms with Crippen LogP contribution in [-0.4, -0.2) is 25.4 Å². The Hall–Kier alpha value is -0.100. The fourth-order valence-electron chi connectivity index (χ4n) is 0.505. The third-order valence-corrected chi connectivity index (χ3v) is 1.94. The number of alkyl halides is 2. The van der Waals surface area contributed by atoms with Gasteiger partial charge in [0.2, 0.25) is 0 Å². The van der Waals surface area contributed by atoms with Crippen LogP contribution < -0.4 is 0 Å². The van der Waals surface area contributed by atoms with E-state index < -0.39 is 15.2 Å². The van der Waals surface area contributed by atoms with Gasteiger partial charge in [-0.1, -0.05) is 31.9 Å². The highest BCUT2D eigenvalue weighted by molar-refractivity contribution is 9.25. The standard InChI is InChI=1S/C5H6Br2O4/c6-5(7,1-3(8)9)2-4(10)11/h1-2H2,(H,8,9)(H,10,11). The van der Waals surface area contributed by atoms with Gasteiger partial charge < -0.3 is 10.2 Å². The largest absolute Gasteiger partial charge is 0.481 e. The molecule has 2 N–H and O–H groups in total. The monoisotopic (exact) mass is 288 g/mol. The predicted molar refractivity (Wildman–Crippen MR) is 45.1 cm³/mol. The van der Waals surface area contributed by atoms with Gasteiger partial charge in [-0.2, -0.15) is 0 Å². The molecule has 0 saturated carbocycles. The molecular weight excluding hydrogens is 284 g/mol. The van der Waals surface area contributed by atoms with E-state index in [1.165, 1.54) is 0 Å². The zero-order chi connectivity index (χ0) is 9.07. The maximum atomic E-state index is 10.1. The minimum Gasteiger partial charge on any atom is -0.481 e. The van der Waals surface area contributed by atoms with Crippen LogP contribution in [-0.2, 0) is 9.59 Å². The first-order valence-electron chi connectivity index (χ1n) is 2.65. The average Bonchev–Trinajstić information content (AvgIpc) is 1.53. The zero-order valence-corrected chi connectivity index (χ0v) is 8.55. The number of hydrogen-bond acceptors (Lipinski definition) is 2. The Bertz CT molecular complexity index is 159. The highest BCUT2D eigenvalue weighted by Gasteiger charge is 2.29. The first kappa shape index (κ1) is 10.9. The Morgan fingerprint density at radius 1 is 1.09 bits per heavy atom. The molecule has 0 amide bonds. The van der Waals surface area contributed by atoms with Crippen LogP contribution in [0.2, 0.25) is 0 Å². The molecule has 0 spiro atoms. The highest BCUT2D eigenvalue weighted by Crippen LogP contribution is 2.33. The normalized spacial score (nSPS) is 11.1. The summed E-state index contributed by atoms with van der Waals surface area (Å²) in [4.78, 5) is 20.3. The molecule has 0 aliphatic heterocycles. The SMILES string of the molecule is O=C(O)CC(Br)(Br)CC(=O)O. The summed E-state index contributed by atoms with van der Waals surface area (Å²) in [5, 5.41) is 16.6. The van der Waals surface area contributed by atoms with Crippen molar-refractivity contribution in [3.05, 3.63) is 0 Å². The van der Waals surface area contributed by atoms with Gasteiger partial charge in [0.25, 0.3) is 0 Å². The third kappa shape index (κ3) is 6.30. The van der Waals surface area contributed by atoms with Crippen molar-refractivity contribution in [2.45, 2.75) is 16.1 Å². The third-order valence-electron chi connectivity index (χ3n) is 0.820. The van der Waals surface area contributed by atoms with Crippen molar-refractivity contribution in [3.63, 3.8) is 0 Å². The smallest absolute Gasteiger partial charge is 0.305 e. The molecule has 0 radical (unpaired) electrons. The van der Waals surface area contributed by atoms with Gasteiger partial charge in [0.15, 0.2) is 0 Å². The number of carboxylic acid groups (broad SMARTS) is 2. The van der Waals surface area contributed by atoms with Crippen molar-refractivity contribution in [3.8, 4) is 0 Å². The van der Waals surface area contributed by atoms with E-state index in [4.69, 9.17) is 10.2 Å². The van der Waals surface area contributed by atoms with Gasteiger partial charge in [-0.3, -0.25) is 9.59 Å². The second kappa shape index (κ2) is 4.06. The molecule has 0 bridgehead atoms. The van der Waals surface area contributed by atoms with Crippen LogP contribution in [0.5, 0.6) is 0 Å². The summed E-state index contributed by atoms with van der Waals surface area (Å²) in [7, 11) is 0. The van der Waals surface area contributed by atoms with Crippen molar-refractivity contribution in [1.82, 2.24) is 0 Å². The van der Waals surface area contributed by atoms with Gasteiger partial charge in [-0.05, 0) is 0 Å². The fourth-order valence-corrected chi connectivity index (χ4v) is 1.46. The molecule has 6 heteroatoms. The van der Waals surface area contributed by atoms with E-state index in [-0.39, 0.29) is 12.8 Å². The number of carboxylic acids is 2. The molecule has 0 heterocycles. The number of rotatable bonds is 4. The van der Waals surface area contributed by atoms with Crippen LogP contribution in [0.4, 0.5) is 0 Å². The Balaban J connectivity index is 3.99. The van der Waals surface area contributed by atoms with Crippen LogP contribution in [0, 0.1) is 0 Å². The molecule has 0 aliphatic carbocycles. The molecule has 0 aromatic rings. The van der Waals surface area contributed by atoms with Crippen LogP contribution in [0.15, 0.2) is 0 Å². The second-order valence-corrected chi connectivity index (χ2v) is 6.10. The topological polar surface area (TPSA) is 74.6 Å². The molecular formula is C5H6Br2O4. The first-order valence-corrected chi connectivity index (χ1v) is 4.23. The molecule has 0 rings (SSSR count). The van der Waals surface area contributed by atoms with Crippen molar-refractivity contribution >= 4 is 43.8 Å². The number of halogens is 2. The van der Waals surface area contributed by atoms with E-state index in [0.29, 0.717) is 0 Å². The summed E-state index contributed by atoms with van der Waals surface area (Å²) < 4.78 is -1.03. The first-order chi connectivity index (χ1) is 4.83. The molecule has 0 atom stereocenters. The molecule has 0 aromatic carbocycles. The van der Waals surface area contributed by atoms with Gasteiger partial charge in [0.05, 0.1) is 12.8 Å². The molecule has 64 valence electrons. The molecule has 4 nitrogen and oxygen atoms in total. The summed E-state index contributed by atoms with van der Waals surface area (Å²) in [6, 6.07) is 0. The lowest BCUT2D eigenvalue weighted by Crippen LogP contribution is -2.20. The number of carbonyl (C=O) groups is 2. The highest BCUT2D eigenvalue weighted by atomic mass is 79.9. The lowest BCUT2D eigenvalue weighted by Gasteiger charge is -2.14. The van der Waals surface area contributed by atoms with E-state index in [1.807, 2.05) is 0 Å². The van der Waals surface area contributed by atoms with Crippen LogP contribution in [0.3, 0.4) is 0 Å². The summed E-state index contributed by atoms with van der Waals surface area (Å²) in [5.41, 5.74) is 0. The second-order valence-electron chi connectivity index (χ2n) is 2.00. The van der Waals surface area contributed by atoms with E-state index >= 15 is 0 Å². The lowest BCUT2D eigenvalue weighted by atomic mass is 10.2. The maximum absolute atomic E-state index is 10.1. The summed E-state index contributed by atoms with van der Waals surface area (Å²) >= 11 is 5.88. The minimum absolute atomic E-state index is 0.278. The lowest BCUT2D eigenvalue weighted by molar-refractivity contribution is -0.138. The van der Waals surface area contributed by atoms with Gasteiger partial charge in [0.1, 0.15) is 3.23 Å². The van der Waals surface area contributed by atoms with Gasteiger partial charge in [-0.25, -0.2) is 0 Å². The molecule has 11 heavy (non-hydrogen) atoms. The van der Waals surface area contributed by atoms with Crippen LogP contribution >= 0.6 is 31.9 Å². The van der Waals surface area contributed by atoms with E-state index in [0.717, 1.165) is 0 Å². The summed E-state index contributed by atoms with van der Waals surface area (Å²) in [5.74, 6) is -2.11. The fraction of sp³-hybridized carbons (Fsp3) is 0.600. The molecule has 0 saturated heterocycles. The Morgan fingerprint density at radius 2 is 1.36 bits per heavy atom. The van der Waals surface area contributed by atoms with Crippen LogP contribution in [0.1, 0.15) is 12.8 Å². The van der Waals surface area contributed by atoms with Crippen molar-refractivity contribution in [2.75, 3.05) is 0 Å². The Morgan fingerprint density at radius 3 is 1.55 bits per heavy atom. The molecule has 0 unspecified atom stereocenters. The summed E-state index contributed by atoms with van der Waals surface area (Å²) in [6.07, 6.45) is -0.557. The maximum Gasteiger partial charge on any atom is 0.305 e. The predicted octanol–water partition coefficient (Wildman–Crippen LogP) is 1.42. The van der Waals surface area contributed by atoms with Crippen LogP contribution in [0.25, 0.3) is 0 Å². The molecule has 0 aromatic heterocycles. The quantitative estimate of drug-likeness (QED) is 0.768. The van der Waals surface area contributed by atoms with Gasteiger partial charge >= 0.3 is 11.9 Å². The Labute approximate surface area is 79.8 Å². The minimum atomic E-state index is -1.06. The van der Waals surface area contributed by atoms with Crippen molar-refractivity contribution < 1.29 is 19.8 Å². The average molecular weight is 290 g/mol. The molecule has 0 fully saturated rings. The Kier molecular flexibility index (Phi) is 4.02. The van der Waals surface area contributed by atoms with Crippen molar-refractivity contribution in [1.29, 1.82) is 0 Å².